The number of hydrogen-bond donors (Lipinski definition) is 2. The highest BCUT2D eigenvalue weighted by Crippen LogP contribution is 2.36. The molecule has 3 N–H and O–H groups in total. The van der Waals surface area contributed by atoms with Crippen molar-refractivity contribution in [1.82, 2.24) is 14.8 Å². The van der Waals surface area contributed by atoms with Gasteiger partial charge in [-0.25, -0.2) is 0 Å². The van der Waals surface area contributed by atoms with Crippen LogP contribution in [-0.4, -0.2) is 38.4 Å². The van der Waals surface area contributed by atoms with Gasteiger partial charge in [0.25, 0.3) is 5.91 Å². The van der Waals surface area contributed by atoms with Crippen molar-refractivity contribution < 1.29 is 19.1 Å². The molecule has 4 rings (SSSR count). The zero-order chi connectivity index (χ0) is 21.3. The summed E-state index contributed by atoms with van der Waals surface area (Å²) in [5, 5.41) is 13.4. The van der Waals surface area contributed by atoms with E-state index in [-0.39, 0.29) is 5.91 Å². The number of thioether (sulfide) groups is 1. The second-order valence-electron chi connectivity index (χ2n) is 6.54. The van der Waals surface area contributed by atoms with Crippen LogP contribution >= 0.6 is 23.1 Å². The summed E-state index contributed by atoms with van der Waals surface area (Å²) < 4.78 is 13.5. The lowest BCUT2D eigenvalue weighted by molar-refractivity contribution is -0.115. The van der Waals surface area contributed by atoms with Gasteiger partial charge in [-0.05, 0) is 30.5 Å². The number of nitrogens with two attached hydrogens (primary N) is 1. The van der Waals surface area contributed by atoms with Gasteiger partial charge in [-0.2, -0.15) is 0 Å². The maximum atomic E-state index is 12.6. The second-order valence-corrected chi connectivity index (χ2v) is 8.77. The molecule has 2 amide bonds. The van der Waals surface area contributed by atoms with Gasteiger partial charge in [-0.15, -0.1) is 21.5 Å². The summed E-state index contributed by atoms with van der Waals surface area (Å²) in [7, 11) is 1.82. The van der Waals surface area contributed by atoms with Crippen LogP contribution in [0, 0.1) is 0 Å². The van der Waals surface area contributed by atoms with Crippen molar-refractivity contribution in [2.75, 3.05) is 11.9 Å². The molecule has 1 aromatic carbocycles. The fourth-order valence-corrected chi connectivity index (χ4v) is 4.50. The largest absolute Gasteiger partial charge is 0.485 e. The standard InChI is InChI=1S/C19H19N5O4S2/c1-10(17(26)21-18-11(15(20)25)7-8-29-18)30-19-23-22-16(24(19)2)14-9-27-12-5-3-4-6-13(12)28-14/h3-8,10,14H,9H2,1-2H3,(H2,20,25)(H,21,26)/t10-,14+/m0/s1. The van der Waals surface area contributed by atoms with E-state index in [1.165, 1.54) is 23.1 Å². The number of benzene rings is 1. The fourth-order valence-electron chi connectivity index (χ4n) is 2.88. The Kier molecular flexibility index (Phi) is 5.64. The summed E-state index contributed by atoms with van der Waals surface area (Å²) in [6.07, 6.45) is -0.403. The van der Waals surface area contributed by atoms with Crippen molar-refractivity contribution in [3.63, 3.8) is 0 Å². The molecule has 3 heterocycles. The molecule has 156 valence electrons. The van der Waals surface area contributed by atoms with Crippen LogP contribution in [0.3, 0.4) is 0 Å². The molecule has 0 fully saturated rings. The number of carbonyl (C=O) groups excluding carboxylic acids is 2. The van der Waals surface area contributed by atoms with Gasteiger partial charge >= 0.3 is 0 Å². The number of ether oxygens (including phenoxy) is 2. The predicted molar refractivity (Wildman–Crippen MR) is 113 cm³/mol. The van der Waals surface area contributed by atoms with Crippen LogP contribution < -0.4 is 20.5 Å². The average molecular weight is 446 g/mol. The summed E-state index contributed by atoms with van der Waals surface area (Å²) >= 11 is 2.50. The number of primary amides is 1. The number of carbonyl (C=O) groups is 2. The first kappa shape index (κ1) is 20.2. The van der Waals surface area contributed by atoms with Crippen LogP contribution in [0.4, 0.5) is 5.00 Å². The van der Waals surface area contributed by atoms with E-state index in [0.717, 1.165) is 0 Å². The van der Waals surface area contributed by atoms with Gasteiger partial charge in [-0.3, -0.25) is 9.59 Å². The number of nitrogens with zero attached hydrogens (tertiary/aromatic N) is 3. The van der Waals surface area contributed by atoms with Crippen LogP contribution in [0.15, 0.2) is 40.9 Å². The van der Waals surface area contributed by atoms with Gasteiger partial charge in [-0.1, -0.05) is 23.9 Å². The average Bonchev–Trinajstić information content (AvgIpc) is 3.34. The number of rotatable bonds is 6. The number of fused-ring (bicyclic) bond motifs is 1. The van der Waals surface area contributed by atoms with E-state index >= 15 is 0 Å². The third-order valence-electron chi connectivity index (χ3n) is 4.48. The molecule has 0 bridgehead atoms. The topological polar surface area (TPSA) is 121 Å². The lowest BCUT2D eigenvalue weighted by Gasteiger charge is -2.25. The Bertz CT molecular complexity index is 1100. The predicted octanol–water partition coefficient (Wildman–Crippen LogP) is 2.61. The Balaban J connectivity index is 1.43. The highest BCUT2D eigenvalue weighted by Gasteiger charge is 2.28. The number of amides is 2. The van der Waals surface area contributed by atoms with Crippen LogP contribution in [-0.2, 0) is 11.8 Å². The maximum absolute atomic E-state index is 12.6. The molecule has 9 nitrogen and oxygen atoms in total. The second kappa shape index (κ2) is 8.36. The number of hydrogen-bond acceptors (Lipinski definition) is 8. The van der Waals surface area contributed by atoms with Crippen molar-refractivity contribution in [3.8, 4) is 11.5 Å². The molecular weight excluding hydrogens is 426 g/mol. The summed E-state index contributed by atoms with van der Waals surface area (Å²) in [5.74, 6) is 1.11. The lowest BCUT2D eigenvalue weighted by Crippen LogP contribution is -2.25. The Hall–Kier alpha value is -3.05. The number of anilines is 1. The first-order valence-electron chi connectivity index (χ1n) is 9.06. The smallest absolute Gasteiger partial charge is 0.251 e. The molecule has 0 radical (unpaired) electrons. The third-order valence-corrected chi connectivity index (χ3v) is 6.45. The zero-order valence-corrected chi connectivity index (χ0v) is 17.8. The molecule has 2 atom stereocenters. The molecule has 0 saturated heterocycles. The van der Waals surface area contributed by atoms with Crippen molar-refractivity contribution in [3.05, 3.63) is 47.1 Å². The molecule has 2 aromatic heterocycles. The van der Waals surface area contributed by atoms with Crippen molar-refractivity contribution in [1.29, 1.82) is 0 Å². The van der Waals surface area contributed by atoms with Gasteiger partial charge in [0.05, 0.1) is 10.8 Å². The Morgan fingerprint density at radius 3 is 2.83 bits per heavy atom. The minimum atomic E-state index is -0.582. The fraction of sp³-hybridized carbons (Fsp3) is 0.263. The minimum Gasteiger partial charge on any atom is -0.485 e. The molecule has 0 saturated carbocycles. The van der Waals surface area contributed by atoms with Gasteiger partial charge < -0.3 is 25.1 Å². The van der Waals surface area contributed by atoms with Crippen molar-refractivity contribution >= 4 is 39.9 Å². The molecule has 1 aliphatic heterocycles. The normalized spacial score (nSPS) is 16.1. The number of nitrogens with one attached hydrogen (secondary N) is 1. The van der Waals surface area contributed by atoms with E-state index < -0.39 is 17.3 Å². The number of thiophene rings is 1. The highest BCUT2D eigenvalue weighted by atomic mass is 32.2. The quantitative estimate of drug-likeness (QED) is 0.559. The van der Waals surface area contributed by atoms with E-state index in [4.69, 9.17) is 15.2 Å². The van der Waals surface area contributed by atoms with E-state index in [9.17, 15) is 9.59 Å². The first-order valence-corrected chi connectivity index (χ1v) is 10.8. The molecule has 3 aromatic rings. The molecule has 30 heavy (non-hydrogen) atoms. The van der Waals surface area contributed by atoms with Crippen molar-refractivity contribution in [2.24, 2.45) is 12.8 Å². The number of para-hydroxylation sites is 2. The van der Waals surface area contributed by atoms with Crippen LogP contribution in [0.1, 0.15) is 29.2 Å². The van der Waals surface area contributed by atoms with Crippen LogP contribution in [0.2, 0.25) is 0 Å². The SMILES string of the molecule is C[C@H](Sc1nnc([C@H]2COc3ccccc3O2)n1C)C(=O)Nc1sccc1C(N)=O. The maximum Gasteiger partial charge on any atom is 0.251 e. The van der Waals surface area contributed by atoms with Crippen molar-refractivity contribution in [2.45, 2.75) is 23.4 Å². The summed E-state index contributed by atoms with van der Waals surface area (Å²) in [6, 6.07) is 9.03. The van der Waals surface area contributed by atoms with Gasteiger partial charge in [0.2, 0.25) is 5.91 Å². The summed E-state index contributed by atoms with van der Waals surface area (Å²) in [4.78, 5) is 24.0. The van der Waals surface area contributed by atoms with Crippen LogP contribution in [0.25, 0.3) is 0 Å². The summed E-state index contributed by atoms with van der Waals surface area (Å²) in [5.41, 5.74) is 5.62. The lowest BCUT2D eigenvalue weighted by atomic mass is 10.2. The number of aromatic nitrogens is 3. The van der Waals surface area contributed by atoms with E-state index in [2.05, 4.69) is 15.5 Å². The molecular formula is C19H19N5O4S2. The monoisotopic (exact) mass is 445 g/mol. The molecule has 0 aliphatic carbocycles. The molecule has 1 aliphatic rings. The third kappa shape index (κ3) is 3.98. The molecule has 0 unspecified atom stereocenters. The van der Waals surface area contributed by atoms with Gasteiger partial charge in [0, 0.05) is 7.05 Å². The molecule has 0 spiro atoms. The minimum absolute atomic E-state index is 0.263. The van der Waals surface area contributed by atoms with Crippen LogP contribution in [0.5, 0.6) is 11.5 Å². The van der Waals surface area contributed by atoms with E-state index in [0.29, 0.717) is 39.7 Å². The summed E-state index contributed by atoms with van der Waals surface area (Å²) in [6.45, 7) is 2.07. The Morgan fingerprint density at radius 1 is 1.30 bits per heavy atom. The van der Waals surface area contributed by atoms with E-state index in [1.807, 2.05) is 31.3 Å². The first-order chi connectivity index (χ1) is 14.4. The highest BCUT2D eigenvalue weighted by molar-refractivity contribution is 8.00. The molecule has 11 heteroatoms. The zero-order valence-electron chi connectivity index (χ0n) is 16.2. The van der Waals surface area contributed by atoms with E-state index in [1.54, 1.807) is 22.9 Å². The van der Waals surface area contributed by atoms with Gasteiger partial charge in [0.15, 0.2) is 28.6 Å². The Labute approximate surface area is 180 Å². The Morgan fingerprint density at radius 2 is 2.07 bits per heavy atom. The van der Waals surface area contributed by atoms with Gasteiger partial charge in [0.1, 0.15) is 11.6 Å².